The van der Waals surface area contributed by atoms with Gasteiger partial charge in [0.1, 0.15) is 0 Å². The third kappa shape index (κ3) is 6.17. The second kappa shape index (κ2) is 9.50. The Bertz CT molecular complexity index is 402. The summed E-state index contributed by atoms with van der Waals surface area (Å²) < 4.78 is 0. The summed E-state index contributed by atoms with van der Waals surface area (Å²) in [6.07, 6.45) is 0.508. The van der Waals surface area contributed by atoms with Gasteiger partial charge < -0.3 is 10.6 Å². The predicted octanol–water partition coefficient (Wildman–Crippen LogP) is 2.47. The van der Waals surface area contributed by atoms with Crippen LogP contribution in [0.4, 0.5) is 5.69 Å². The first-order valence-corrected chi connectivity index (χ1v) is 7.51. The molecule has 1 amide bonds. The number of carbonyl (C=O) groups is 1. The zero-order valence-electron chi connectivity index (χ0n) is 12.9. The van der Waals surface area contributed by atoms with E-state index in [1.165, 1.54) is 5.56 Å². The topological polar surface area (TPSA) is 44.4 Å². The highest BCUT2D eigenvalue weighted by atomic mass is 16.1. The van der Waals surface area contributed by atoms with Crippen molar-refractivity contribution < 1.29 is 4.79 Å². The first-order valence-electron chi connectivity index (χ1n) is 7.51. The Labute approximate surface area is 122 Å². The fraction of sp³-hybridized carbons (Fsp3) is 0.562. The normalized spacial score (nSPS) is 10.8. The maximum Gasteiger partial charge on any atom is 0.225 e. The molecule has 0 bridgehead atoms. The van der Waals surface area contributed by atoms with Gasteiger partial charge in [0.25, 0.3) is 0 Å². The number of nitrogens with zero attached hydrogens (tertiary/aromatic N) is 1. The van der Waals surface area contributed by atoms with Crippen molar-refractivity contribution in [2.24, 2.45) is 0 Å². The minimum absolute atomic E-state index is 0.0611. The van der Waals surface area contributed by atoms with E-state index in [1.54, 1.807) is 0 Å². The average Bonchev–Trinajstić information content (AvgIpc) is 2.45. The number of hydrogen-bond acceptors (Lipinski definition) is 3. The van der Waals surface area contributed by atoms with Crippen LogP contribution in [-0.2, 0) is 11.3 Å². The molecule has 20 heavy (non-hydrogen) atoms. The van der Waals surface area contributed by atoms with Crippen molar-refractivity contribution >= 4 is 11.6 Å². The van der Waals surface area contributed by atoms with E-state index in [-0.39, 0.29) is 5.91 Å². The molecule has 2 N–H and O–H groups in total. The Hall–Kier alpha value is -1.39. The maximum atomic E-state index is 11.8. The molecule has 4 heteroatoms. The summed E-state index contributed by atoms with van der Waals surface area (Å²) in [6.45, 7) is 11.0. The quantitative estimate of drug-likeness (QED) is 0.682. The standard InChI is InChI=1S/C16H27N3O/c1-4-17-11-10-16(20)18-15-9-7-8-14(12-15)13-19(5-2)6-3/h7-9,12,17H,4-6,10-11,13H2,1-3H3,(H,18,20). The van der Waals surface area contributed by atoms with E-state index in [0.29, 0.717) is 6.42 Å². The van der Waals surface area contributed by atoms with Gasteiger partial charge in [-0.3, -0.25) is 9.69 Å². The monoisotopic (exact) mass is 277 g/mol. The van der Waals surface area contributed by atoms with Crippen LogP contribution in [0.5, 0.6) is 0 Å². The van der Waals surface area contributed by atoms with Crippen LogP contribution in [0.2, 0.25) is 0 Å². The summed E-state index contributed by atoms with van der Waals surface area (Å²) in [4.78, 5) is 14.1. The lowest BCUT2D eigenvalue weighted by Gasteiger charge is -2.18. The number of amides is 1. The van der Waals surface area contributed by atoms with Crippen molar-refractivity contribution in [3.8, 4) is 0 Å². The summed E-state index contributed by atoms with van der Waals surface area (Å²) in [5.41, 5.74) is 2.12. The minimum atomic E-state index is 0.0611. The Balaban J connectivity index is 2.52. The van der Waals surface area contributed by atoms with Gasteiger partial charge in [0.15, 0.2) is 0 Å². The molecule has 112 valence electrons. The Morgan fingerprint density at radius 3 is 2.60 bits per heavy atom. The Morgan fingerprint density at radius 1 is 1.20 bits per heavy atom. The van der Waals surface area contributed by atoms with Gasteiger partial charge in [0, 0.05) is 25.2 Å². The minimum Gasteiger partial charge on any atom is -0.326 e. The Kier molecular flexibility index (Phi) is 7.92. The number of benzene rings is 1. The van der Waals surface area contributed by atoms with E-state index in [2.05, 4.69) is 41.5 Å². The average molecular weight is 277 g/mol. The first-order chi connectivity index (χ1) is 9.69. The van der Waals surface area contributed by atoms with E-state index < -0.39 is 0 Å². The molecule has 0 aromatic heterocycles. The lowest BCUT2D eigenvalue weighted by atomic mass is 10.2. The van der Waals surface area contributed by atoms with Crippen molar-refractivity contribution in [1.29, 1.82) is 0 Å². The van der Waals surface area contributed by atoms with Gasteiger partial charge in [-0.25, -0.2) is 0 Å². The zero-order valence-corrected chi connectivity index (χ0v) is 12.9. The van der Waals surface area contributed by atoms with Crippen LogP contribution in [0.1, 0.15) is 32.8 Å². The van der Waals surface area contributed by atoms with E-state index in [1.807, 2.05) is 19.1 Å². The summed E-state index contributed by atoms with van der Waals surface area (Å²) in [6, 6.07) is 8.10. The smallest absolute Gasteiger partial charge is 0.225 e. The third-order valence-electron chi connectivity index (χ3n) is 3.29. The molecule has 0 saturated heterocycles. The fourth-order valence-electron chi connectivity index (χ4n) is 2.06. The SMILES string of the molecule is CCNCCC(=O)Nc1cccc(CN(CC)CC)c1. The summed E-state index contributed by atoms with van der Waals surface area (Å²) in [5.74, 6) is 0.0611. The zero-order chi connectivity index (χ0) is 14.8. The third-order valence-corrected chi connectivity index (χ3v) is 3.29. The number of hydrogen-bond donors (Lipinski definition) is 2. The molecule has 0 aliphatic heterocycles. The Morgan fingerprint density at radius 2 is 1.95 bits per heavy atom. The van der Waals surface area contributed by atoms with Gasteiger partial charge in [-0.15, -0.1) is 0 Å². The molecule has 1 rings (SSSR count). The van der Waals surface area contributed by atoms with Gasteiger partial charge in [0.2, 0.25) is 5.91 Å². The summed E-state index contributed by atoms with van der Waals surface area (Å²) in [5, 5.41) is 6.10. The molecule has 0 fully saturated rings. The molecule has 0 radical (unpaired) electrons. The van der Waals surface area contributed by atoms with Gasteiger partial charge >= 0.3 is 0 Å². The van der Waals surface area contributed by atoms with Gasteiger partial charge in [-0.05, 0) is 37.3 Å². The lowest BCUT2D eigenvalue weighted by Crippen LogP contribution is -2.22. The van der Waals surface area contributed by atoms with Gasteiger partial charge in [0.05, 0.1) is 0 Å². The van der Waals surface area contributed by atoms with Crippen molar-refractivity contribution in [2.75, 3.05) is 31.5 Å². The van der Waals surface area contributed by atoms with E-state index in [4.69, 9.17) is 0 Å². The molecule has 0 saturated carbocycles. The molecule has 0 aliphatic carbocycles. The van der Waals surface area contributed by atoms with Gasteiger partial charge in [-0.2, -0.15) is 0 Å². The van der Waals surface area contributed by atoms with Crippen LogP contribution in [0.3, 0.4) is 0 Å². The van der Waals surface area contributed by atoms with Crippen molar-refractivity contribution in [2.45, 2.75) is 33.7 Å². The molecule has 0 unspecified atom stereocenters. The number of carbonyl (C=O) groups excluding carboxylic acids is 1. The fourth-order valence-corrected chi connectivity index (χ4v) is 2.06. The maximum absolute atomic E-state index is 11.8. The molecular weight excluding hydrogens is 250 g/mol. The molecule has 0 aliphatic rings. The van der Waals surface area contributed by atoms with Crippen molar-refractivity contribution in [1.82, 2.24) is 10.2 Å². The first kappa shape index (κ1) is 16.7. The molecule has 0 heterocycles. The molecule has 4 nitrogen and oxygen atoms in total. The molecular formula is C16H27N3O. The van der Waals surface area contributed by atoms with E-state index in [0.717, 1.165) is 38.4 Å². The molecule has 1 aromatic rings. The molecule has 0 atom stereocenters. The van der Waals surface area contributed by atoms with Crippen LogP contribution in [0.25, 0.3) is 0 Å². The number of nitrogens with one attached hydrogen (secondary N) is 2. The number of rotatable bonds is 9. The van der Waals surface area contributed by atoms with E-state index in [9.17, 15) is 4.79 Å². The van der Waals surface area contributed by atoms with Gasteiger partial charge in [-0.1, -0.05) is 32.9 Å². The van der Waals surface area contributed by atoms with Crippen LogP contribution < -0.4 is 10.6 Å². The highest BCUT2D eigenvalue weighted by Gasteiger charge is 2.04. The van der Waals surface area contributed by atoms with Crippen LogP contribution in [0, 0.1) is 0 Å². The van der Waals surface area contributed by atoms with Crippen molar-refractivity contribution in [3.05, 3.63) is 29.8 Å². The predicted molar refractivity (Wildman–Crippen MR) is 84.9 cm³/mol. The van der Waals surface area contributed by atoms with Crippen LogP contribution in [0.15, 0.2) is 24.3 Å². The van der Waals surface area contributed by atoms with E-state index >= 15 is 0 Å². The highest BCUT2D eigenvalue weighted by molar-refractivity contribution is 5.90. The largest absolute Gasteiger partial charge is 0.326 e. The van der Waals surface area contributed by atoms with Crippen LogP contribution >= 0.6 is 0 Å². The second-order valence-corrected chi connectivity index (χ2v) is 4.81. The second-order valence-electron chi connectivity index (χ2n) is 4.81. The highest BCUT2D eigenvalue weighted by Crippen LogP contribution is 2.13. The summed E-state index contributed by atoms with van der Waals surface area (Å²) >= 11 is 0. The number of anilines is 1. The molecule has 1 aromatic carbocycles. The summed E-state index contributed by atoms with van der Waals surface area (Å²) in [7, 11) is 0. The molecule has 0 spiro atoms. The van der Waals surface area contributed by atoms with Crippen LogP contribution in [-0.4, -0.2) is 37.0 Å². The lowest BCUT2D eigenvalue weighted by molar-refractivity contribution is -0.116. The van der Waals surface area contributed by atoms with Crippen molar-refractivity contribution in [3.63, 3.8) is 0 Å².